The predicted molar refractivity (Wildman–Crippen MR) is 57.4 cm³/mol. The summed E-state index contributed by atoms with van der Waals surface area (Å²) < 4.78 is 0. The third kappa shape index (κ3) is 0.404. The zero-order chi connectivity index (χ0) is 9.17. The summed E-state index contributed by atoms with van der Waals surface area (Å²) in [6.07, 6.45) is 1.66. The van der Waals surface area contributed by atoms with Crippen LogP contribution in [0.2, 0.25) is 18.6 Å². The van der Waals surface area contributed by atoms with Crippen LogP contribution in [0.15, 0.2) is 0 Å². The molecule has 2 spiro atoms. The summed E-state index contributed by atoms with van der Waals surface area (Å²) in [6, 6.07) is 0. The molecular formula is C12H20Si. The van der Waals surface area contributed by atoms with Crippen LogP contribution in [0.3, 0.4) is 0 Å². The van der Waals surface area contributed by atoms with Gasteiger partial charge in [-0.1, -0.05) is 26.9 Å². The molecule has 0 saturated heterocycles. The molecule has 1 heteroatoms. The molecule has 4 fully saturated rings. The third-order valence-corrected chi connectivity index (χ3v) is 9.14. The van der Waals surface area contributed by atoms with Crippen molar-refractivity contribution < 1.29 is 0 Å². The Morgan fingerprint density at radius 2 is 1.77 bits per heavy atom. The van der Waals surface area contributed by atoms with Gasteiger partial charge in [-0.05, 0) is 46.5 Å². The average Bonchev–Trinajstić information content (AvgIpc) is 2.79. The second-order valence-electron chi connectivity index (χ2n) is 6.66. The first-order valence-electron chi connectivity index (χ1n) is 6.10. The third-order valence-electron chi connectivity index (χ3n) is 6.74. The minimum Gasteiger partial charge on any atom is -0.0720 e. The largest absolute Gasteiger partial charge is 0.0720 e. The van der Waals surface area contributed by atoms with Crippen LogP contribution in [0, 0.1) is 34.5 Å². The van der Waals surface area contributed by atoms with Gasteiger partial charge in [-0.15, -0.1) is 0 Å². The summed E-state index contributed by atoms with van der Waals surface area (Å²) in [5, 5.41) is 0. The Hall–Kier alpha value is 0.217. The zero-order valence-corrected chi connectivity index (χ0v) is 10.3. The van der Waals surface area contributed by atoms with Crippen LogP contribution >= 0.6 is 0 Å². The number of rotatable bonds is 1. The molecule has 72 valence electrons. The van der Waals surface area contributed by atoms with Crippen molar-refractivity contribution in [3.05, 3.63) is 0 Å². The average molecular weight is 192 g/mol. The molecule has 13 heavy (non-hydrogen) atoms. The molecule has 0 radical (unpaired) electrons. The van der Waals surface area contributed by atoms with E-state index in [9.17, 15) is 0 Å². The maximum absolute atomic E-state index is 2.58. The molecule has 0 aromatic heterocycles. The van der Waals surface area contributed by atoms with Gasteiger partial charge in [-0.2, -0.15) is 0 Å². The Morgan fingerprint density at radius 3 is 2.31 bits per heavy atom. The van der Waals surface area contributed by atoms with Crippen LogP contribution in [0.4, 0.5) is 0 Å². The molecule has 0 N–H and O–H groups in total. The Balaban J connectivity index is 1.74. The first-order valence-corrected chi connectivity index (χ1v) is 9.07. The molecule has 0 amide bonds. The first-order chi connectivity index (χ1) is 6.10. The van der Waals surface area contributed by atoms with Crippen molar-refractivity contribution in [3.63, 3.8) is 0 Å². The second kappa shape index (κ2) is 1.58. The van der Waals surface area contributed by atoms with Crippen molar-refractivity contribution in [2.24, 2.45) is 34.5 Å². The molecule has 0 aromatic rings. The highest BCUT2D eigenvalue weighted by molar-refractivity contribution is 6.58. The molecule has 0 heterocycles. The number of hydrogen-bond acceptors (Lipinski definition) is 0. The first kappa shape index (κ1) is 7.50. The summed E-state index contributed by atoms with van der Waals surface area (Å²) in [4.78, 5) is 0. The molecule has 0 bridgehead atoms. The van der Waals surface area contributed by atoms with E-state index in [2.05, 4.69) is 26.9 Å². The van der Waals surface area contributed by atoms with Gasteiger partial charge in [-0.25, -0.2) is 0 Å². The molecule has 4 rings (SSSR count). The SMILES string of the molecule is CC1C2C3C(C)C34C([SiH](C)C)CC124. The topological polar surface area (TPSA) is 0 Å². The van der Waals surface area contributed by atoms with Gasteiger partial charge in [0.1, 0.15) is 0 Å². The van der Waals surface area contributed by atoms with Crippen molar-refractivity contribution >= 4 is 8.80 Å². The lowest BCUT2D eigenvalue weighted by Crippen LogP contribution is -2.51. The fourth-order valence-corrected chi connectivity index (χ4v) is 9.27. The molecule has 7 atom stereocenters. The maximum atomic E-state index is 2.58. The Kier molecular flexibility index (Phi) is 0.910. The lowest BCUT2D eigenvalue weighted by molar-refractivity contribution is 0.00113. The minimum absolute atomic E-state index is 0.331. The van der Waals surface area contributed by atoms with E-state index >= 15 is 0 Å². The van der Waals surface area contributed by atoms with Crippen LogP contribution in [0.1, 0.15) is 20.3 Å². The molecule has 4 saturated carbocycles. The van der Waals surface area contributed by atoms with Gasteiger partial charge in [-0.3, -0.25) is 0 Å². The predicted octanol–water partition coefficient (Wildman–Crippen LogP) is 2.77. The zero-order valence-electron chi connectivity index (χ0n) is 9.17. The van der Waals surface area contributed by atoms with Gasteiger partial charge >= 0.3 is 0 Å². The van der Waals surface area contributed by atoms with Crippen LogP contribution in [-0.2, 0) is 0 Å². The summed E-state index contributed by atoms with van der Waals surface area (Å²) in [7, 11) is -0.331. The molecule has 7 unspecified atom stereocenters. The van der Waals surface area contributed by atoms with E-state index in [1.165, 1.54) is 17.4 Å². The van der Waals surface area contributed by atoms with Gasteiger partial charge in [0, 0.05) is 8.80 Å². The van der Waals surface area contributed by atoms with E-state index in [0.717, 1.165) is 22.7 Å². The van der Waals surface area contributed by atoms with Crippen LogP contribution < -0.4 is 0 Å². The summed E-state index contributed by atoms with van der Waals surface area (Å²) in [5.41, 5.74) is 3.17. The van der Waals surface area contributed by atoms with E-state index < -0.39 is 0 Å². The van der Waals surface area contributed by atoms with Crippen molar-refractivity contribution in [2.75, 3.05) is 0 Å². The quantitative estimate of drug-likeness (QED) is 0.560. The number of hydrogen-bond donors (Lipinski definition) is 0. The van der Waals surface area contributed by atoms with Crippen molar-refractivity contribution in [1.82, 2.24) is 0 Å². The lowest BCUT2D eigenvalue weighted by Gasteiger charge is -2.57. The van der Waals surface area contributed by atoms with Gasteiger partial charge in [0.05, 0.1) is 0 Å². The molecular weight excluding hydrogens is 172 g/mol. The summed E-state index contributed by atoms with van der Waals surface area (Å²) in [5.74, 6) is 4.71. The van der Waals surface area contributed by atoms with E-state index in [1.807, 2.05) is 0 Å². The Morgan fingerprint density at radius 1 is 1.08 bits per heavy atom. The lowest BCUT2D eigenvalue weighted by atomic mass is 9.55. The van der Waals surface area contributed by atoms with Crippen LogP contribution in [0.5, 0.6) is 0 Å². The minimum atomic E-state index is -0.331. The summed E-state index contributed by atoms with van der Waals surface area (Å²) >= 11 is 0. The monoisotopic (exact) mass is 192 g/mol. The fourth-order valence-electron chi connectivity index (χ4n) is 6.47. The van der Waals surface area contributed by atoms with Crippen molar-refractivity contribution in [1.29, 1.82) is 0 Å². The Labute approximate surface area is 82.7 Å². The standard InChI is InChI=1S/C12H20Si/c1-6-9-10-7(2)12(10)8(13(3)4)5-11(6,9)12/h6-10,13H,5H2,1-4H3. The maximum Gasteiger partial charge on any atom is 0.0344 e. The van der Waals surface area contributed by atoms with Gasteiger partial charge in [0.2, 0.25) is 0 Å². The van der Waals surface area contributed by atoms with Crippen molar-refractivity contribution in [2.45, 2.75) is 38.9 Å². The van der Waals surface area contributed by atoms with E-state index in [4.69, 9.17) is 0 Å². The fraction of sp³-hybridized carbons (Fsp3) is 1.00. The van der Waals surface area contributed by atoms with Gasteiger partial charge < -0.3 is 0 Å². The van der Waals surface area contributed by atoms with Gasteiger partial charge in [0.15, 0.2) is 0 Å². The summed E-state index contributed by atoms with van der Waals surface area (Å²) in [6.45, 7) is 10.2. The van der Waals surface area contributed by atoms with Crippen molar-refractivity contribution in [3.8, 4) is 0 Å². The van der Waals surface area contributed by atoms with Crippen LogP contribution in [-0.4, -0.2) is 8.80 Å². The molecule has 4 aliphatic carbocycles. The van der Waals surface area contributed by atoms with Crippen LogP contribution in [0.25, 0.3) is 0 Å². The highest BCUT2D eigenvalue weighted by Gasteiger charge is 3.02. The highest BCUT2D eigenvalue weighted by Crippen LogP contribution is 3.07. The highest BCUT2D eigenvalue weighted by atomic mass is 28.3. The van der Waals surface area contributed by atoms with Gasteiger partial charge in [0.25, 0.3) is 0 Å². The normalized spacial score (nSPS) is 75.9. The Bertz CT molecular complexity index is 310. The smallest absolute Gasteiger partial charge is 0.0344 e. The molecule has 0 aromatic carbocycles. The van der Waals surface area contributed by atoms with E-state index in [-0.39, 0.29) is 8.80 Å². The van der Waals surface area contributed by atoms with E-state index in [1.54, 1.807) is 6.42 Å². The second-order valence-corrected chi connectivity index (χ2v) is 9.95. The molecule has 0 aliphatic heterocycles. The number of fused-ring (bicyclic) bond motifs is 1. The molecule has 0 nitrogen and oxygen atoms in total. The molecule has 4 aliphatic rings. The van der Waals surface area contributed by atoms with E-state index in [0.29, 0.717) is 0 Å².